The number of nitrogens with one attached hydrogen (secondary N) is 2. The lowest BCUT2D eigenvalue weighted by molar-refractivity contribution is -0.128. The first kappa shape index (κ1) is 18.9. The third-order valence-electron chi connectivity index (χ3n) is 5.65. The first-order chi connectivity index (χ1) is 12.1. The standard InChI is InChI=1S/C19H23FN4O.ClH/c1-13-9-22-24(11-13)17-6-5-15(8-16(17)20)23-18(25)19-7-3-2-4-14(19)10-21-12-19;/h5-6,8-9,11,14,21H,2-4,7,10,12H2,1H3,(H,23,25);1H/t14-,19+;/m0./s1. The summed E-state index contributed by atoms with van der Waals surface area (Å²) < 4.78 is 16.0. The molecule has 26 heavy (non-hydrogen) atoms. The molecule has 2 N–H and O–H groups in total. The fraction of sp³-hybridized carbons (Fsp3) is 0.474. The zero-order valence-electron chi connectivity index (χ0n) is 14.8. The molecule has 1 saturated carbocycles. The van der Waals surface area contributed by atoms with Crippen molar-refractivity contribution in [2.45, 2.75) is 32.6 Å². The molecule has 4 rings (SSSR count). The highest BCUT2D eigenvalue weighted by atomic mass is 35.5. The van der Waals surface area contributed by atoms with Gasteiger partial charge in [-0.15, -0.1) is 12.4 Å². The number of aromatic nitrogens is 2. The molecule has 2 aliphatic rings. The third kappa shape index (κ3) is 3.23. The molecule has 0 radical (unpaired) electrons. The van der Waals surface area contributed by atoms with Crippen LogP contribution in [0, 0.1) is 24.1 Å². The van der Waals surface area contributed by atoms with E-state index in [-0.39, 0.29) is 23.7 Å². The summed E-state index contributed by atoms with van der Waals surface area (Å²) in [5.74, 6) is 0.00449. The van der Waals surface area contributed by atoms with Crippen LogP contribution in [-0.2, 0) is 4.79 Å². The maximum atomic E-state index is 14.5. The molecule has 0 spiro atoms. The average Bonchev–Trinajstić information content (AvgIpc) is 3.22. The van der Waals surface area contributed by atoms with Crippen molar-refractivity contribution in [1.29, 1.82) is 0 Å². The van der Waals surface area contributed by atoms with Crippen LogP contribution in [-0.4, -0.2) is 28.8 Å². The number of carbonyl (C=O) groups is 1. The number of hydrogen-bond acceptors (Lipinski definition) is 3. The van der Waals surface area contributed by atoms with Gasteiger partial charge in [0.25, 0.3) is 0 Å². The molecule has 1 amide bonds. The van der Waals surface area contributed by atoms with E-state index in [9.17, 15) is 9.18 Å². The summed E-state index contributed by atoms with van der Waals surface area (Å²) in [7, 11) is 0. The zero-order valence-corrected chi connectivity index (χ0v) is 15.6. The Morgan fingerprint density at radius 1 is 1.42 bits per heavy atom. The first-order valence-electron chi connectivity index (χ1n) is 8.92. The van der Waals surface area contributed by atoms with Gasteiger partial charge in [0.1, 0.15) is 5.69 Å². The van der Waals surface area contributed by atoms with E-state index in [1.807, 2.05) is 6.92 Å². The number of amides is 1. The first-order valence-corrected chi connectivity index (χ1v) is 8.92. The van der Waals surface area contributed by atoms with Crippen molar-refractivity contribution in [2.75, 3.05) is 18.4 Å². The van der Waals surface area contributed by atoms with Crippen molar-refractivity contribution in [2.24, 2.45) is 11.3 Å². The molecule has 2 fully saturated rings. The Labute approximate surface area is 158 Å². The molecule has 1 saturated heterocycles. The molecule has 2 heterocycles. The quantitative estimate of drug-likeness (QED) is 0.859. The van der Waals surface area contributed by atoms with E-state index in [2.05, 4.69) is 15.7 Å². The Balaban J connectivity index is 0.00000196. The summed E-state index contributed by atoms with van der Waals surface area (Å²) in [6, 6.07) is 4.77. The summed E-state index contributed by atoms with van der Waals surface area (Å²) in [5.41, 5.74) is 1.50. The second-order valence-electron chi connectivity index (χ2n) is 7.31. The molecule has 0 unspecified atom stereocenters. The lowest BCUT2D eigenvalue weighted by atomic mass is 9.67. The smallest absolute Gasteiger partial charge is 0.232 e. The number of aryl methyl sites for hydroxylation is 1. The predicted molar refractivity (Wildman–Crippen MR) is 101 cm³/mol. The summed E-state index contributed by atoms with van der Waals surface area (Å²) in [6.45, 7) is 3.53. The van der Waals surface area contributed by atoms with Gasteiger partial charge in [-0.3, -0.25) is 4.79 Å². The van der Waals surface area contributed by atoms with Crippen molar-refractivity contribution in [3.8, 4) is 5.69 Å². The fourth-order valence-corrected chi connectivity index (χ4v) is 4.26. The van der Waals surface area contributed by atoms with Crippen LogP contribution >= 0.6 is 12.4 Å². The molecular formula is C19H24ClFN4O. The van der Waals surface area contributed by atoms with Crippen LogP contribution in [0.3, 0.4) is 0 Å². The number of fused-ring (bicyclic) bond motifs is 1. The van der Waals surface area contributed by atoms with Crippen LogP contribution < -0.4 is 10.6 Å². The monoisotopic (exact) mass is 378 g/mol. The second kappa shape index (κ2) is 7.37. The molecule has 7 heteroatoms. The minimum absolute atomic E-state index is 0. The topological polar surface area (TPSA) is 59.0 Å². The summed E-state index contributed by atoms with van der Waals surface area (Å²) in [5, 5.41) is 10.5. The number of anilines is 1. The van der Waals surface area contributed by atoms with Crippen molar-refractivity contribution in [1.82, 2.24) is 15.1 Å². The highest BCUT2D eigenvalue weighted by Gasteiger charge is 2.49. The average molecular weight is 379 g/mol. The predicted octanol–water partition coefficient (Wildman–Crippen LogP) is 3.46. The van der Waals surface area contributed by atoms with Crippen molar-refractivity contribution in [3.63, 3.8) is 0 Å². The van der Waals surface area contributed by atoms with E-state index in [0.29, 0.717) is 17.3 Å². The molecule has 1 aliphatic carbocycles. The summed E-state index contributed by atoms with van der Waals surface area (Å²) in [6.07, 6.45) is 7.72. The van der Waals surface area contributed by atoms with Crippen LogP contribution in [0.5, 0.6) is 0 Å². The van der Waals surface area contributed by atoms with Gasteiger partial charge in [-0.1, -0.05) is 12.8 Å². The van der Waals surface area contributed by atoms with E-state index in [1.54, 1.807) is 24.5 Å². The summed E-state index contributed by atoms with van der Waals surface area (Å²) in [4.78, 5) is 12.9. The molecule has 140 valence electrons. The Morgan fingerprint density at radius 2 is 2.27 bits per heavy atom. The van der Waals surface area contributed by atoms with Gasteiger partial charge < -0.3 is 10.6 Å². The summed E-state index contributed by atoms with van der Waals surface area (Å²) >= 11 is 0. The minimum atomic E-state index is -0.400. The molecule has 1 aromatic heterocycles. The van der Waals surface area contributed by atoms with Crippen LogP contribution in [0.15, 0.2) is 30.6 Å². The van der Waals surface area contributed by atoms with Crippen LogP contribution in [0.25, 0.3) is 5.69 Å². The van der Waals surface area contributed by atoms with Crippen LogP contribution in [0.2, 0.25) is 0 Å². The molecule has 0 bridgehead atoms. The number of hydrogen-bond donors (Lipinski definition) is 2. The number of benzene rings is 1. The van der Waals surface area contributed by atoms with Crippen molar-refractivity contribution >= 4 is 24.0 Å². The van der Waals surface area contributed by atoms with Gasteiger partial charge in [0.2, 0.25) is 5.91 Å². The molecule has 5 nitrogen and oxygen atoms in total. The Morgan fingerprint density at radius 3 is 3.00 bits per heavy atom. The molecule has 2 aromatic rings. The van der Waals surface area contributed by atoms with E-state index >= 15 is 0 Å². The van der Waals surface area contributed by atoms with Crippen LogP contribution in [0.1, 0.15) is 31.2 Å². The SMILES string of the molecule is Cc1cnn(-c2ccc(NC(=O)[C@@]34CCCC[C@H]3CNC4)cc2F)c1.Cl. The highest BCUT2D eigenvalue weighted by molar-refractivity contribution is 5.96. The van der Waals surface area contributed by atoms with Crippen molar-refractivity contribution in [3.05, 3.63) is 42.0 Å². The Kier molecular flexibility index (Phi) is 5.34. The zero-order chi connectivity index (χ0) is 17.4. The van der Waals surface area contributed by atoms with E-state index in [4.69, 9.17) is 0 Å². The highest BCUT2D eigenvalue weighted by Crippen LogP contribution is 2.44. The van der Waals surface area contributed by atoms with Gasteiger partial charge in [0.05, 0.1) is 11.6 Å². The van der Waals surface area contributed by atoms with E-state index < -0.39 is 5.82 Å². The number of halogens is 2. The maximum Gasteiger partial charge on any atom is 0.232 e. The van der Waals surface area contributed by atoms with E-state index in [1.165, 1.54) is 17.2 Å². The lowest BCUT2D eigenvalue weighted by Crippen LogP contribution is -2.44. The van der Waals surface area contributed by atoms with Gasteiger partial charge in [0.15, 0.2) is 5.82 Å². The molecular weight excluding hydrogens is 355 g/mol. The number of rotatable bonds is 3. The lowest BCUT2D eigenvalue weighted by Gasteiger charge is -2.37. The Bertz CT molecular complexity index is 809. The van der Waals surface area contributed by atoms with Gasteiger partial charge in [-0.25, -0.2) is 9.07 Å². The Hall–Kier alpha value is -1.92. The molecule has 1 aromatic carbocycles. The van der Waals surface area contributed by atoms with Crippen LogP contribution in [0.4, 0.5) is 10.1 Å². The fourth-order valence-electron chi connectivity index (χ4n) is 4.26. The number of carbonyl (C=O) groups excluding carboxylic acids is 1. The number of nitrogens with zero attached hydrogens (tertiary/aromatic N) is 2. The van der Waals surface area contributed by atoms with Crippen molar-refractivity contribution < 1.29 is 9.18 Å². The molecule has 2 atom stereocenters. The van der Waals surface area contributed by atoms with E-state index in [0.717, 1.165) is 37.9 Å². The normalized spacial score (nSPS) is 24.6. The van der Waals surface area contributed by atoms with Gasteiger partial charge >= 0.3 is 0 Å². The molecule has 1 aliphatic heterocycles. The second-order valence-corrected chi connectivity index (χ2v) is 7.31. The van der Waals surface area contributed by atoms with Gasteiger partial charge in [0, 0.05) is 18.4 Å². The third-order valence-corrected chi connectivity index (χ3v) is 5.65. The maximum absolute atomic E-state index is 14.5. The largest absolute Gasteiger partial charge is 0.325 e. The van der Waals surface area contributed by atoms with Gasteiger partial charge in [-0.05, 0) is 56.0 Å². The minimum Gasteiger partial charge on any atom is -0.325 e. The van der Waals surface area contributed by atoms with Gasteiger partial charge in [-0.2, -0.15) is 5.10 Å².